The lowest BCUT2D eigenvalue weighted by Crippen LogP contribution is -2.58. The lowest BCUT2D eigenvalue weighted by atomic mass is 9.83. The van der Waals surface area contributed by atoms with Crippen LogP contribution in [-0.2, 0) is 16.0 Å². The predicted molar refractivity (Wildman–Crippen MR) is 152 cm³/mol. The van der Waals surface area contributed by atoms with Crippen molar-refractivity contribution >= 4 is 35.5 Å². The Morgan fingerprint density at radius 2 is 1.89 bits per heavy atom. The van der Waals surface area contributed by atoms with Gasteiger partial charge in [0, 0.05) is 18.3 Å². The third kappa shape index (κ3) is 9.39. The molecule has 2 fully saturated rings. The van der Waals surface area contributed by atoms with Gasteiger partial charge in [0.25, 0.3) is 0 Å². The topological polar surface area (TPSA) is 116 Å². The van der Waals surface area contributed by atoms with Crippen molar-refractivity contribution in [1.82, 2.24) is 20.6 Å². The number of alkyl carbamates (subject to hydrolysis) is 1. The summed E-state index contributed by atoms with van der Waals surface area (Å²) >= 11 is 3.70. The molecule has 10 heteroatoms. The van der Waals surface area contributed by atoms with E-state index in [1.165, 1.54) is 19.3 Å². The molecule has 1 aromatic rings. The molecule has 8 nitrogen and oxygen atoms in total. The smallest absolute Gasteiger partial charge is 0.408 e. The Morgan fingerprint density at radius 1 is 1.19 bits per heavy atom. The Hall–Kier alpha value is -1.39. The summed E-state index contributed by atoms with van der Waals surface area (Å²) in [6.07, 6.45) is 11.8. The van der Waals surface area contributed by atoms with Crippen LogP contribution in [0.3, 0.4) is 0 Å². The van der Waals surface area contributed by atoms with Crippen LogP contribution in [0.2, 0.25) is 0 Å². The van der Waals surface area contributed by atoms with Crippen molar-refractivity contribution in [3.63, 3.8) is 0 Å². The molecule has 1 aromatic heterocycles. The van der Waals surface area contributed by atoms with E-state index in [1.807, 2.05) is 23.5 Å². The Bertz CT molecular complexity index is 828. The van der Waals surface area contributed by atoms with Gasteiger partial charge < -0.3 is 25.5 Å². The van der Waals surface area contributed by atoms with Crippen molar-refractivity contribution in [2.75, 3.05) is 11.5 Å². The van der Waals surface area contributed by atoms with E-state index < -0.39 is 23.8 Å². The van der Waals surface area contributed by atoms with E-state index in [2.05, 4.69) is 27.5 Å². The molecule has 0 aromatic carbocycles. The first-order valence-corrected chi connectivity index (χ1v) is 15.8. The number of nitrogens with one attached hydrogen (secondary N) is 3. The van der Waals surface area contributed by atoms with Gasteiger partial charge in [0.15, 0.2) is 0 Å². The number of carbonyl (C=O) groups excluding carboxylic acids is 2. The molecule has 0 radical (unpaired) electrons. The summed E-state index contributed by atoms with van der Waals surface area (Å²) in [5, 5.41) is 17.8. The maximum absolute atomic E-state index is 13.7. The molecule has 0 spiro atoms. The first kappa shape index (κ1) is 30.2. The summed E-state index contributed by atoms with van der Waals surface area (Å²) in [7, 11) is 0. The molecule has 3 atom stereocenters. The maximum Gasteiger partial charge on any atom is 0.408 e. The highest BCUT2D eigenvalue weighted by molar-refractivity contribution is 8.18. The fourth-order valence-corrected chi connectivity index (χ4v) is 8.97. The van der Waals surface area contributed by atoms with E-state index in [9.17, 15) is 14.7 Å². The van der Waals surface area contributed by atoms with Crippen LogP contribution in [-0.4, -0.2) is 66.4 Å². The average molecular weight is 555 g/mol. The molecule has 2 amide bonds. The van der Waals surface area contributed by atoms with E-state index >= 15 is 0 Å². The second-order valence-electron chi connectivity index (χ2n) is 11.4. The zero-order chi connectivity index (χ0) is 26.9. The summed E-state index contributed by atoms with van der Waals surface area (Å²) in [5.41, 5.74) is 0.0576. The van der Waals surface area contributed by atoms with Crippen LogP contribution in [0.25, 0.3) is 0 Å². The number of hydrogen-bond acceptors (Lipinski definition) is 7. The Labute approximate surface area is 230 Å². The van der Waals surface area contributed by atoms with Gasteiger partial charge in [-0.3, -0.25) is 4.79 Å². The first-order valence-electron chi connectivity index (χ1n) is 13.8. The molecule has 3 rings (SSSR count). The van der Waals surface area contributed by atoms with E-state index in [4.69, 9.17) is 4.74 Å². The van der Waals surface area contributed by atoms with Gasteiger partial charge in [0.2, 0.25) is 5.91 Å². The fourth-order valence-electron chi connectivity index (χ4n) is 5.32. The van der Waals surface area contributed by atoms with Gasteiger partial charge in [0.1, 0.15) is 11.6 Å². The molecular formula is C27H46N4O4S2. The highest BCUT2D eigenvalue weighted by Crippen LogP contribution is 2.49. The van der Waals surface area contributed by atoms with Crippen molar-refractivity contribution in [1.29, 1.82) is 0 Å². The summed E-state index contributed by atoms with van der Waals surface area (Å²) < 4.78 is 5.12. The quantitative estimate of drug-likeness (QED) is 0.303. The van der Waals surface area contributed by atoms with Crippen LogP contribution in [0.1, 0.15) is 91.2 Å². The van der Waals surface area contributed by atoms with E-state index in [0.717, 1.165) is 55.7 Å². The summed E-state index contributed by atoms with van der Waals surface area (Å²) in [6.45, 7) is 7.53. The first-order chi connectivity index (χ1) is 17.6. The minimum absolute atomic E-state index is 0.251. The fraction of sp³-hybridized carbons (Fsp3) is 0.815. The van der Waals surface area contributed by atoms with Gasteiger partial charge in [-0.25, -0.2) is 9.78 Å². The number of rotatable bonds is 11. The molecule has 1 aliphatic carbocycles. The van der Waals surface area contributed by atoms with Gasteiger partial charge in [0.05, 0.1) is 22.6 Å². The number of thioether (sulfide) groups is 2. The van der Waals surface area contributed by atoms with Crippen LogP contribution in [0.4, 0.5) is 4.79 Å². The van der Waals surface area contributed by atoms with Gasteiger partial charge in [-0.15, -0.1) is 23.5 Å². The Balaban J connectivity index is 1.81. The molecule has 37 heavy (non-hydrogen) atoms. The maximum atomic E-state index is 13.7. The molecule has 2 heterocycles. The SMILES string of the molecule is CCCC1([C@H](O)[C@H](CC2CCCCC2)NC(=O)[C@H](Cc2cnc[nH]2)NC(=O)OC(C)(C)C)SCCCS1. The van der Waals surface area contributed by atoms with Crippen LogP contribution >= 0.6 is 23.5 Å². The largest absolute Gasteiger partial charge is 0.444 e. The van der Waals surface area contributed by atoms with E-state index in [0.29, 0.717) is 5.92 Å². The molecule has 210 valence electrons. The number of imidazole rings is 1. The third-order valence-electron chi connectivity index (χ3n) is 7.04. The van der Waals surface area contributed by atoms with Crippen molar-refractivity contribution in [2.45, 2.75) is 120 Å². The van der Waals surface area contributed by atoms with Gasteiger partial charge in [-0.2, -0.15) is 0 Å². The summed E-state index contributed by atoms with van der Waals surface area (Å²) in [6, 6.07) is -1.24. The lowest BCUT2D eigenvalue weighted by Gasteiger charge is -2.44. The van der Waals surface area contributed by atoms with Gasteiger partial charge in [-0.05, 0) is 57.5 Å². The van der Waals surface area contributed by atoms with Gasteiger partial charge >= 0.3 is 6.09 Å². The van der Waals surface area contributed by atoms with Crippen molar-refractivity contribution < 1.29 is 19.4 Å². The number of hydrogen-bond donors (Lipinski definition) is 4. The number of carbonyl (C=O) groups is 2. The molecule has 1 aliphatic heterocycles. The Morgan fingerprint density at radius 3 is 2.49 bits per heavy atom. The monoisotopic (exact) mass is 554 g/mol. The second-order valence-corrected chi connectivity index (χ2v) is 14.5. The van der Waals surface area contributed by atoms with Crippen molar-refractivity contribution in [3.05, 3.63) is 18.2 Å². The minimum atomic E-state index is -0.856. The normalized spacial score (nSPS) is 21.0. The second kappa shape index (κ2) is 14.1. The highest BCUT2D eigenvalue weighted by Gasteiger charge is 2.45. The van der Waals surface area contributed by atoms with Crippen LogP contribution < -0.4 is 10.6 Å². The summed E-state index contributed by atoms with van der Waals surface area (Å²) in [5.74, 6) is 2.22. The third-order valence-corrected chi connectivity index (χ3v) is 10.6. The standard InChI is InChI=1S/C27H46N4O4S2/c1-5-12-27(36-13-9-14-37-27)23(32)21(15-19-10-7-6-8-11-19)30-24(33)22(16-20-17-28-18-29-20)31-25(34)35-26(2,3)4/h17-19,21-23,32H,5-16H2,1-4H3,(H,28,29)(H,30,33)(H,31,34)/t21-,22-,23+/m0/s1. The minimum Gasteiger partial charge on any atom is -0.444 e. The Kier molecular flexibility index (Phi) is 11.5. The zero-order valence-electron chi connectivity index (χ0n) is 22.9. The van der Waals surface area contributed by atoms with Crippen LogP contribution in [0.15, 0.2) is 12.5 Å². The number of nitrogens with zero attached hydrogens (tertiary/aromatic N) is 1. The molecule has 0 bridgehead atoms. The predicted octanol–water partition coefficient (Wildman–Crippen LogP) is 5.03. The molecule has 2 aliphatic rings. The molecule has 1 saturated carbocycles. The number of aromatic nitrogens is 2. The number of amides is 2. The zero-order valence-corrected chi connectivity index (χ0v) is 24.5. The molecule has 0 unspecified atom stereocenters. The average Bonchev–Trinajstić information content (AvgIpc) is 3.36. The number of H-pyrrole nitrogens is 1. The van der Waals surface area contributed by atoms with Crippen molar-refractivity contribution in [3.8, 4) is 0 Å². The molecular weight excluding hydrogens is 508 g/mol. The number of aliphatic hydroxyl groups is 1. The van der Waals surface area contributed by atoms with E-state index in [-0.39, 0.29) is 22.4 Å². The van der Waals surface area contributed by atoms with Crippen LogP contribution in [0, 0.1) is 5.92 Å². The number of aromatic amines is 1. The lowest BCUT2D eigenvalue weighted by molar-refractivity contribution is -0.125. The molecule has 1 saturated heterocycles. The summed E-state index contributed by atoms with van der Waals surface area (Å²) in [4.78, 5) is 33.4. The van der Waals surface area contributed by atoms with Crippen molar-refractivity contribution in [2.24, 2.45) is 5.92 Å². The number of ether oxygens (including phenoxy) is 1. The highest BCUT2D eigenvalue weighted by atomic mass is 32.2. The van der Waals surface area contributed by atoms with E-state index in [1.54, 1.807) is 33.3 Å². The molecule has 4 N–H and O–H groups in total. The van der Waals surface area contributed by atoms with Gasteiger partial charge in [-0.1, -0.05) is 45.4 Å². The van der Waals surface area contributed by atoms with Crippen LogP contribution in [0.5, 0.6) is 0 Å². The number of aliphatic hydroxyl groups excluding tert-OH is 1.